The van der Waals surface area contributed by atoms with E-state index in [0.29, 0.717) is 85.8 Å². The molecule has 0 aliphatic heterocycles. The highest BCUT2D eigenvalue weighted by Crippen LogP contribution is 2.31. The van der Waals surface area contributed by atoms with Crippen molar-refractivity contribution in [2.45, 2.75) is 75.1 Å². The predicted octanol–water partition coefficient (Wildman–Crippen LogP) is 9.77. The smallest absolute Gasteiger partial charge is 0.294 e. The van der Waals surface area contributed by atoms with Crippen LogP contribution in [0, 0.1) is 47.9 Å². The van der Waals surface area contributed by atoms with Gasteiger partial charge in [0.2, 0.25) is 47.4 Å². The van der Waals surface area contributed by atoms with Crippen LogP contribution in [0.2, 0.25) is 0 Å². The minimum atomic E-state index is -5.44. The second kappa shape index (κ2) is 36.3. The minimum Gasteiger partial charge on any atom is -0.294 e. The van der Waals surface area contributed by atoms with Crippen molar-refractivity contribution in [1.82, 2.24) is 79.7 Å². The van der Waals surface area contributed by atoms with Gasteiger partial charge < -0.3 is 0 Å². The Labute approximate surface area is 623 Å². The molecule has 0 aliphatic rings. The van der Waals surface area contributed by atoms with Crippen molar-refractivity contribution in [1.29, 1.82) is 0 Å². The number of non-ortho nitro benzene ring substituents is 2. The molecule has 12 rings (SSSR count). The molecule has 1 unspecified atom stereocenters. The second-order valence-corrected chi connectivity index (χ2v) is 27.1. The summed E-state index contributed by atoms with van der Waals surface area (Å²) in [6, 6.07) is 42.9. The van der Waals surface area contributed by atoms with Crippen molar-refractivity contribution < 1.29 is 59.0 Å². The summed E-state index contributed by atoms with van der Waals surface area (Å²) in [5, 5.41) is 31.8. The molecular weight excluding hydrogens is 1470 g/mol. The molecule has 0 aliphatic carbocycles. The molecule has 4 aromatic carbocycles. The maximum atomic E-state index is 12.6. The van der Waals surface area contributed by atoms with Crippen LogP contribution in [-0.2, 0) is 58.1 Å². The predicted molar refractivity (Wildman–Crippen MR) is 391 cm³/mol. The summed E-state index contributed by atoms with van der Waals surface area (Å²) in [5.41, 5.74) is -0.965. The Morgan fingerprint density at radius 2 is 0.682 bits per heavy atom. The van der Waals surface area contributed by atoms with Gasteiger partial charge in [-0.2, -0.15) is 53.0 Å². The van der Waals surface area contributed by atoms with Crippen LogP contribution in [0.5, 0.6) is 0 Å². The van der Waals surface area contributed by atoms with Crippen molar-refractivity contribution in [2.24, 2.45) is 0 Å². The number of nitro groups is 2. The number of aryl methyl sites for hydroxylation is 4. The SMILES string of the molecule is Cc1nc(NC(=O)C(C)c2ccc([N+](=O)[O-])cc2)nc(-c2ccccn2)n1.Cc1nc(NC(=O)Cc2ccc(S(=O)(=O)C(F)(F)F)cc2)nc(-c2ccccn2)n1.Cc1nc(NC(=O)Cc2ccc(S(C)(=O)=O)cc2)nc(-c2ccccn2)n1.Cc1nc(NC(=O)Cc2ccc([N+](=O)[O-])cc2)nc(-c2ccccn2)n1. The number of anilines is 4. The molecule has 0 radical (unpaired) electrons. The topological polar surface area (TPSA) is 477 Å². The largest absolute Gasteiger partial charge is 0.501 e. The van der Waals surface area contributed by atoms with E-state index in [1.807, 2.05) is 18.2 Å². The molecular formula is C71H61F3N22O12S2. The van der Waals surface area contributed by atoms with E-state index < -0.39 is 51.8 Å². The highest BCUT2D eigenvalue weighted by Gasteiger charge is 2.46. The fourth-order valence-electron chi connectivity index (χ4n) is 9.42. The van der Waals surface area contributed by atoms with Gasteiger partial charge in [0, 0.05) is 55.3 Å². The Morgan fingerprint density at radius 1 is 0.400 bits per heavy atom. The minimum absolute atomic E-state index is 0.00979. The van der Waals surface area contributed by atoms with Gasteiger partial charge in [-0.1, -0.05) is 72.8 Å². The highest BCUT2D eigenvalue weighted by molar-refractivity contribution is 7.92. The number of rotatable bonds is 20. The Kier molecular flexibility index (Phi) is 26.4. The summed E-state index contributed by atoms with van der Waals surface area (Å²) in [6.07, 6.45) is 7.47. The van der Waals surface area contributed by atoms with Crippen molar-refractivity contribution >= 4 is 78.5 Å². The number of benzene rings is 4. The molecule has 39 heteroatoms. The van der Waals surface area contributed by atoms with Gasteiger partial charge in [0.05, 0.1) is 44.8 Å². The van der Waals surface area contributed by atoms with Crippen LogP contribution < -0.4 is 21.3 Å². The summed E-state index contributed by atoms with van der Waals surface area (Å²) in [4.78, 5) is 136. The molecule has 0 spiro atoms. The van der Waals surface area contributed by atoms with Gasteiger partial charge in [0.15, 0.2) is 33.1 Å². The third kappa shape index (κ3) is 23.2. The van der Waals surface area contributed by atoms with Crippen LogP contribution in [0.15, 0.2) is 204 Å². The summed E-state index contributed by atoms with van der Waals surface area (Å²) in [6.45, 7) is 8.41. The summed E-state index contributed by atoms with van der Waals surface area (Å²) in [5.74, 6) is 1.38. The fourth-order valence-corrected chi connectivity index (χ4v) is 10.8. The molecule has 8 aromatic heterocycles. The number of carbonyl (C=O) groups excluding carboxylic acids is 4. The number of nitro benzene ring substituents is 2. The number of halogens is 3. The van der Waals surface area contributed by atoms with Crippen LogP contribution in [0.3, 0.4) is 0 Å². The van der Waals surface area contributed by atoms with Gasteiger partial charge >= 0.3 is 5.51 Å². The number of aromatic nitrogens is 16. The van der Waals surface area contributed by atoms with E-state index >= 15 is 0 Å². The molecule has 4 N–H and O–H groups in total. The molecule has 34 nitrogen and oxygen atoms in total. The van der Waals surface area contributed by atoms with Gasteiger partial charge in [-0.3, -0.25) is 80.6 Å². The summed E-state index contributed by atoms with van der Waals surface area (Å²) in [7, 11) is -8.71. The number of alkyl halides is 3. The normalized spacial score (nSPS) is 11.3. The Bertz CT molecular complexity index is 5530. The Balaban J connectivity index is 0.000000169. The molecule has 560 valence electrons. The maximum Gasteiger partial charge on any atom is 0.501 e. The zero-order valence-corrected chi connectivity index (χ0v) is 60.2. The molecule has 1 atom stereocenters. The number of hydrogen-bond donors (Lipinski definition) is 4. The van der Waals surface area contributed by atoms with Gasteiger partial charge in [-0.25, -0.2) is 36.8 Å². The van der Waals surface area contributed by atoms with Gasteiger partial charge in [0.1, 0.15) is 46.1 Å². The first-order chi connectivity index (χ1) is 52.3. The quantitative estimate of drug-likeness (QED) is 0.0407. The van der Waals surface area contributed by atoms with E-state index in [9.17, 15) is 69.4 Å². The lowest BCUT2D eigenvalue weighted by molar-refractivity contribution is -0.385. The number of nitrogens with one attached hydrogen (secondary N) is 4. The summed E-state index contributed by atoms with van der Waals surface area (Å²) >= 11 is 0. The number of amides is 4. The average molecular weight is 1540 g/mol. The zero-order chi connectivity index (χ0) is 79.3. The van der Waals surface area contributed by atoms with E-state index in [4.69, 9.17) is 0 Å². The molecule has 8 heterocycles. The average Bonchev–Trinajstić information content (AvgIpc) is 0.813. The van der Waals surface area contributed by atoms with E-state index in [0.717, 1.165) is 30.5 Å². The first kappa shape index (κ1) is 80.0. The first-order valence-electron chi connectivity index (χ1n) is 32.3. The number of carbonyl (C=O) groups is 4. The van der Waals surface area contributed by atoms with Crippen LogP contribution >= 0.6 is 0 Å². The van der Waals surface area contributed by atoms with Crippen LogP contribution in [0.1, 0.15) is 58.4 Å². The van der Waals surface area contributed by atoms with E-state index in [1.54, 1.807) is 138 Å². The first-order valence-corrected chi connectivity index (χ1v) is 35.6. The number of sulfone groups is 2. The molecule has 0 fully saturated rings. The van der Waals surface area contributed by atoms with Gasteiger partial charge in [-0.05, 0) is 130 Å². The van der Waals surface area contributed by atoms with Gasteiger partial charge in [-0.15, -0.1) is 0 Å². The third-order valence-electron chi connectivity index (χ3n) is 14.7. The molecule has 0 bridgehead atoms. The molecule has 4 amide bonds. The Hall–Kier alpha value is -14.1. The molecule has 12 aromatic rings. The number of hydrogen-bond acceptors (Lipinski definition) is 28. The van der Waals surface area contributed by atoms with Crippen molar-refractivity contribution in [3.05, 3.63) is 260 Å². The van der Waals surface area contributed by atoms with E-state index in [1.165, 1.54) is 48.5 Å². The van der Waals surface area contributed by atoms with E-state index in [-0.39, 0.29) is 82.9 Å². The lowest BCUT2D eigenvalue weighted by Crippen LogP contribution is -2.23. The molecule has 0 saturated carbocycles. The van der Waals surface area contributed by atoms with Crippen LogP contribution in [-0.4, -0.2) is 142 Å². The second-order valence-electron chi connectivity index (χ2n) is 23.1. The number of pyridine rings is 4. The van der Waals surface area contributed by atoms with Crippen molar-refractivity contribution in [2.75, 3.05) is 27.5 Å². The van der Waals surface area contributed by atoms with Crippen molar-refractivity contribution in [3.8, 4) is 46.1 Å². The lowest BCUT2D eigenvalue weighted by atomic mass is 10.0. The fraction of sp³-hybridized carbons (Fsp3) is 0.155. The zero-order valence-electron chi connectivity index (χ0n) is 58.6. The van der Waals surface area contributed by atoms with E-state index in [2.05, 4.69) is 101 Å². The lowest BCUT2D eigenvalue weighted by Gasteiger charge is -2.12. The Morgan fingerprint density at radius 3 is 0.955 bits per heavy atom. The molecule has 0 saturated heterocycles. The monoisotopic (exact) mass is 1530 g/mol. The standard InChI is InChI=1S/C18H14F3N5O3S.C18H16N6O3.C18H17N5O3S.C17H14N6O3/c1-11-23-16(14-4-2-3-9-22-14)26-17(24-11)25-15(27)10-12-5-7-13(8-6-12)30(28,29)18(19,20)21;1-11(13-6-8-14(9-7-13)24(26)27)17(25)23-18-21-12(2)20-16(22-18)15-5-3-4-10-19-15;1-12-20-17(15-5-3-4-10-19-15)23-18(21-12)22-16(24)11-13-6-8-14(9-7-13)27(2,25)26;1-11-19-16(14-4-2-3-9-18-14)22-17(20-11)21-15(24)10-12-5-7-13(8-6-12)23(25)26/h2-9H,10H2,1H3,(H,23,24,25,26,27);3-11H,1-2H3,(H,20,21,22,23,25);3-10H,11H2,1-2H3,(H,20,21,22,23,24);2-9H,10H2,1H3,(H,19,20,21,22,24). The third-order valence-corrected chi connectivity index (χ3v) is 17.3. The summed E-state index contributed by atoms with van der Waals surface area (Å²) < 4.78 is 83.5. The molecule has 110 heavy (non-hydrogen) atoms. The van der Waals surface area contributed by atoms with Crippen LogP contribution in [0.25, 0.3) is 46.1 Å². The van der Waals surface area contributed by atoms with Gasteiger partial charge in [0.25, 0.3) is 21.2 Å². The van der Waals surface area contributed by atoms with Crippen molar-refractivity contribution in [3.63, 3.8) is 0 Å². The van der Waals surface area contributed by atoms with Crippen LogP contribution in [0.4, 0.5) is 48.3 Å². The number of nitrogens with zero attached hydrogens (tertiary/aromatic N) is 18. The maximum absolute atomic E-state index is 12.6. The highest BCUT2D eigenvalue weighted by atomic mass is 32.2.